The second-order valence-corrected chi connectivity index (χ2v) is 8.00. The van der Waals surface area contributed by atoms with Gasteiger partial charge in [-0.15, -0.1) is 0 Å². The van der Waals surface area contributed by atoms with Gasteiger partial charge in [-0.25, -0.2) is 8.78 Å². The third-order valence-electron chi connectivity index (χ3n) is 6.19. The molecule has 2 fully saturated rings. The molecule has 1 aromatic heterocycles. The van der Waals surface area contributed by atoms with Gasteiger partial charge in [0.2, 0.25) is 5.43 Å². The van der Waals surface area contributed by atoms with Gasteiger partial charge in [0.15, 0.2) is 17.7 Å². The molecule has 3 heterocycles. The van der Waals surface area contributed by atoms with Gasteiger partial charge in [-0.05, 0) is 31.4 Å². The number of amides is 2. The molecular formula is C21H19F2N3O5. The van der Waals surface area contributed by atoms with Gasteiger partial charge in [-0.2, -0.15) is 0 Å². The van der Waals surface area contributed by atoms with Crippen LogP contribution in [0.5, 0.6) is 5.75 Å². The molecule has 5 rings (SSSR count). The van der Waals surface area contributed by atoms with E-state index in [4.69, 9.17) is 4.74 Å². The van der Waals surface area contributed by atoms with Crippen molar-refractivity contribution in [1.29, 1.82) is 0 Å². The zero-order valence-corrected chi connectivity index (χ0v) is 16.3. The van der Waals surface area contributed by atoms with E-state index in [1.54, 1.807) is 4.90 Å². The quantitative estimate of drug-likeness (QED) is 0.767. The van der Waals surface area contributed by atoms with Gasteiger partial charge in [-0.1, -0.05) is 6.07 Å². The number of fused-ring (bicyclic) bond motifs is 5. The lowest BCUT2D eigenvalue weighted by atomic mass is 10.1. The van der Waals surface area contributed by atoms with E-state index in [0.717, 1.165) is 31.4 Å². The van der Waals surface area contributed by atoms with Crippen LogP contribution in [0.15, 0.2) is 29.2 Å². The topological polar surface area (TPSA) is 101 Å². The second-order valence-electron chi connectivity index (χ2n) is 8.00. The van der Waals surface area contributed by atoms with Crippen LogP contribution in [0, 0.1) is 11.6 Å². The predicted molar refractivity (Wildman–Crippen MR) is 102 cm³/mol. The Morgan fingerprint density at radius 2 is 1.97 bits per heavy atom. The van der Waals surface area contributed by atoms with Crippen LogP contribution in [-0.4, -0.2) is 44.8 Å². The summed E-state index contributed by atoms with van der Waals surface area (Å²) in [7, 11) is 0. The summed E-state index contributed by atoms with van der Waals surface area (Å²) in [6.45, 7) is -0.328. The minimum absolute atomic E-state index is 0.00172. The van der Waals surface area contributed by atoms with E-state index in [2.05, 4.69) is 5.32 Å². The number of halogens is 2. The first kappa shape index (κ1) is 19.7. The van der Waals surface area contributed by atoms with E-state index in [9.17, 15) is 28.3 Å². The lowest BCUT2D eigenvalue weighted by Crippen LogP contribution is -2.57. The minimum atomic E-state index is -1.02. The van der Waals surface area contributed by atoms with Gasteiger partial charge in [0, 0.05) is 24.3 Å². The Balaban J connectivity index is 1.45. The number of carbonyl (C=O) groups excluding carboxylic acids is 2. The molecule has 2 aliphatic heterocycles. The molecule has 10 heteroatoms. The molecule has 0 spiro atoms. The van der Waals surface area contributed by atoms with Gasteiger partial charge in [0.1, 0.15) is 17.2 Å². The number of hydrogen-bond acceptors (Lipinski definition) is 5. The highest BCUT2D eigenvalue weighted by molar-refractivity contribution is 5.99. The standard InChI is InChI=1S/C21H19F2N3O5/c22-14-2-1-3-15(23)12(14)7-24-20(29)13-8-25-9-16-26(10-4-5-11(6-10)31-16)21(30)17(25)19(28)18(13)27/h1-3,8,10-11,16,28H,4-7,9H2,(H,24,29)/t10-,11?,16+/m1/s1. The third kappa shape index (κ3) is 3.09. The second kappa shape index (κ2) is 7.16. The van der Waals surface area contributed by atoms with E-state index < -0.39 is 53.0 Å². The summed E-state index contributed by atoms with van der Waals surface area (Å²) in [6, 6.07) is 3.31. The summed E-state index contributed by atoms with van der Waals surface area (Å²) < 4.78 is 34.9. The average Bonchev–Trinajstić information content (AvgIpc) is 3.10. The Morgan fingerprint density at radius 3 is 2.71 bits per heavy atom. The van der Waals surface area contributed by atoms with Crippen LogP contribution in [0.2, 0.25) is 0 Å². The number of ether oxygens (including phenoxy) is 1. The van der Waals surface area contributed by atoms with Crippen molar-refractivity contribution in [2.45, 2.75) is 50.7 Å². The molecule has 1 aromatic carbocycles. The Kier molecular flexibility index (Phi) is 4.54. The van der Waals surface area contributed by atoms with Crippen LogP contribution in [0.1, 0.15) is 45.7 Å². The van der Waals surface area contributed by atoms with Crippen molar-refractivity contribution in [2.75, 3.05) is 0 Å². The fourth-order valence-corrected chi connectivity index (χ4v) is 4.68. The Labute approximate surface area is 175 Å². The highest BCUT2D eigenvalue weighted by Crippen LogP contribution is 2.38. The van der Waals surface area contributed by atoms with Crippen LogP contribution in [-0.2, 0) is 17.8 Å². The number of nitrogens with zero attached hydrogens (tertiary/aromatic N) is 2. The molecular weight excluding hydrogens is 412 g/mol. The van der Waals surface area contributed by atoms with Gasteiger partial charge in [0.25, 0.3) is 11.8 Å². The van der Waals surface area contributed by atoms with E-state index in [1.807, 2.05) is 0 Å². The van der Waals surface area contributed by atoms with Crippen molar-refractivity contribution in [3.8, 4) is 5.75 Å². The lowest BCUT2D eigenvalue weighted by Gasteiger charge is -2.44. The fourth-order valence-electron chi connectivity index (χ4n) is 4.68. The predicted octanol–water partition coefficient (Wildman–Crippen LogP) is 1.50. The molecule has 1 unspecified atom stereocenters. The van der Waals surface area contributed by atoms with Crippen molar-refractivity contribution in [3.05, 3.63) is 63.1 Å². The van der Waals surface area contributed by atoms with Gasteiger partial charge in [-0.3, -0.25) is 14.4 Å². The maximum absolute atomic E-state index is 13.8. The first-order valence-corrected chi connectivity index (χ1v) is 10.0. The Morgan fingerprint density at radius 1 is 1.23 bits per heavy atom. The summed E-state index contributed by atoms with van der Waals surface area (Å²) in [4.78, 5) is 39.8. The molecule has 0 radical (unpaired) electrons. The number of pyridine rings is 1. The molecule has 2 amide bonds. The molecule has 31 heavy (non-hydrogen) atoms. The van der Waals surface area contributed by atoms with Crippen molar-refractivity contribution in [1.82, 2.24) is 14.8 Å². The van der Waals surface area contributed by atoms with Crippen LogP contribution in [0.25, 0.3) is 0 Å². The Bertz CT molecular complexity index is 1140. The number of hydrogen-bond donors (Lipinski definition) is 2. The zero-order valence-electron chi connectivity index (χ0n) is 16.3. The SMILES string of the molecule is O=C(NCc1c(F)cccc1F)c1cn2c(c(O)c1=O)C(=O)N1[C@@H]3CCC(C3)O[C@H]1C2. The number of rotatable bonds is 3. The van der Waals surface area contributed by atoms with E-state index >= 15 is 0 Å². The van der Waals surface area contributed by atoms with Gasteiger partial charge >= 0.3 is 0 Å². The number of aromatic nitrogens is 1. The maximum Gasteiger partial charge on any atom is 0.276 e. The summed E-state index contributed by atoms with van der Waals surface area (Å²) >= 11 is 0. The number of benzene rings is 1. The normalized spacial score (nSPS) is 24.0. The molecule has 8 nitrogen and oxygen atoms in total. The molecule has 1 saturated heterocycles. The number of carbonyl (C=O) groups is 2. The van der Waals surface area contributed by atoms with Crippen molar-refractivity contribution < 1.29 is 28.2 Å². The van der Waals surface area contributed by atoms with Gasteiger partial charge < -0.3 is 24.6 Å². The van der Waals surface area contributed by atoms with Crippen molar-refractivity contribution >= 4 is 11.8 Å². The molecule has 2 N–H and O–H groups in total. The van der Waals surface area contributed by atoms with Crippen LogP contribution in [0.3, 0.4) is 0 Å². The molecule has 1 saturated carbocycles. The van der Waals surface area contributed by atoms with Crippen molar-refractivity contribution in [2.24, 2.45) is 0 Å². The van der Waals surface area contributed by atoms with Crippen molar-refractivity contribution in [3.63, 3.8) is 0 Å². The fraction of sp³-hybridized carbons (Fsp3) is 0.381. The Hall–Kier alpha value is -3.27. The van der Waals surface area contributed by atoms with E-state index in [-0.39, 0.29) is 29.9 Å². The summed E-state index contributed by atoms with van der Waals surface area (Å²) in [6.07, 6.45) is 3.05. The number of aromatic hydroxyl groups is 1. The first-order chi connectivity index (χ1) is 14.8. The van der Waals surface area contributed by atoms with Crippen LogP contribution >= 0.6 is 0 Å². The van der Waals surface area contributed by atoms with E-state index in [0.29, 0.717) is 0 Å². The highest BCUT2D eigenvalue weighted by atomic mass is 19.1. The average molecular weight is 431 g/mol. The highest BCUT2D eigenvalue weighted by Gasteiger charge is 2.47. The summed E-state index contributed by atoms with van der Waals surface area (Å²) in [5, 5.41) is 12.7. The summed E-state index contributed by atoms with van der Waals surface area (Å²) in [5.41, 5.74) is -1.99. The lowest BCUT2D eigenvalue weighted by molar-refractivity contribution is -0.132. The smallest absolute Gasteiger partial charge is 0.276 e. The van der Waals surface area contributed by atoms with E-state index in [1.165, 1.54) is 16.8 Å². The molecule has 2 aromatic rings. The molecule has 162 valence electrons. The van der Waals surface area contributed by atoms with Gasteiger partial charge in [0.05, 0.1) is 12.6 Å². The summed E-state index contributed by atoms with van der Waals surface area (Å²) in [5.74, 6) is -3.93. The maximum atomic E-state index is 13.8. The first-order valence-electron chi connectivity index (χ1n) is 10.0. The van der Waals surface area contributed by atoms with Crippen LogP contribution in [0.4, 0.5) is 8.78 Å². The molecule has 2 bridgehead atoms. The third-order valence-corrected chi connectivity index (χ3v) is 6.19. The molecule has 1 aliphatic carbocycles. The molecule has 3 aliphatic rings. The zero-order chi connectivity index (χ0) is 21.9. The largest absolute Gasteiger partial charge is 0.503 e. The van der Waals surface area contributed by atoms with Crippen LogP contribution < -0.4 is 10.7 Å². The minimum Gasteiger partial charge on any atom is -0.503 e. The number of nitrogens with one attached hydrogen (secondary N) is 1. The monoisotopic (exact) mass is 431 g/mol. The molecule has 3 atom stereocenters.